The van der Waals surface area contributed by atoms with E-state index in [4.69, 9.17) is 4.74 Å². The van der Waals surface area contributed by atoms with Gasteiger partial charge in [0.2, 0.25) is 10.0 Å². The molecule has 0 aliphatic carbocycles. The van der Waals surface area contributed by atoms with Crippen LogP contribution in [0.5, 0.6) is 0 Å². The molecule has 0 bridgehead atoms. The number of fused-ring (bicyclic) bond motifs is 1. The number of hydrogen-bond donors (Lipinski definition) is 1. The first-order valence-electron chi connectivity index (χ1n) is 7.31. The molecular weight excluding hydrogens is 308 g/mol. The van der Waals surface area contributed by atoms with Gasteiger partial charge in [-0.1, -0.05) is 0 Å². The number of likely N-dealkylation sites (tertiary alicyclic amines) is 1. The number of nitrogens with zero attached hydrogens (tertiary/aromatic N) is 1. The topological polar surface area (TPSA) is 58.6 Å². The largest absolute Gasteiger partial charge is 0.376 e. The van der Waals surface area contributed by atoms with Crippen molar-refractivity contribution in [2.24, 2.45) is 11.8 Å². The zero-order valence-corrected chi connectivity index (χ0v) is 13.8. The number of piperidine rings is 1. The lowest BCUT2D eigenvalue weighted by atomic mass is 9.84. The fourth-order valence-electron chi connectivity index (χ4n) is 3.39. The molecule has 2 saturated heterocycles. The van der Waals surface area contributed by atoms with Crippen LogP contribution in [0.4, 0.5) is 0 Å². The number of ether oxygens (including phenoxy) is 1. The summed E-state index contributed by atoms with van der Waals surface area (Å²) in [6.45, 7) is 4.29. The van der Waals surface area contributed by atoms with Crippen LogP contribution in [0.15, 0.2) is 16.8 Å². The van der Waals surface area contributed by atoms with E-state index in [1.54, 1.807) is 11.3 Å². The van der Waals surface area contributed by atoms with Crippen molar-refractivity contribution in [1.82, 2.24) is 9.62 Å². The monoisotopic (exact) mass is 330 g/mol. The van der Waals surface area contributed by atoms with E-state index in [0.717, 1.165) is 32.7 Å². The zero-order chi connectivity index (χ0) is 14.9. The van der Waals surface area contributed by atoms with Crippen molar-refractivity contribution in [3.63, 3.8) is 0 Å². The van der Waals surface area contributed by atoms with Crippen LogP contribution in [0.2, 0.25) is 0 Å². The molecule has 1 aromatic heterocycles. The Morgan fingerprint density at radius 3 is 3.10 bits per heavy atom. The minimum atomic E-state index is -3.13. The summed E-state index contributed by atoms with van der Waals surface area (Å²) < 4.78 is 30.8. The van der Waals surface area contributed by atoms with Gasteiger partial charge >= 0.3 is 0 Å². The molecule has 0 aromatic carbocycles. The molecule has 1 N–H and O–H groups in total. The quantitative estimate of drug-likeness (QED) is 0.879. The fraction of sp³-hybridized carbons (Fsp3) is 0.714. The molecule has 5 nitrogen and oxygen atoms in total. The summed E-state index contributed by atoms with van der Waals surface area (Å²) in [4.78, 5) is 2.49. The summed E-state index contributed by atoms with van der Waals surface area (Å²) in [5, 5.41) is 4.32. The maximum atomic E-state index is 11.2. The maximum Gasteiger partial charge on any atom is 0.208 e. The second kappa shape index (κ2) is 6.34. The molecule has 1 aromatic rings. The highest BCUT2D eigenvalue weighted by molar-refractivity contribution is 7.88. The molecule has 21 heavy (non-hydrogen) atoms. The Morgan fingerprint density at radius 2 is 2.38 bits per heavy atom. The summed E-state index contributed by atoms with van der Waals surface area (Å²) in [6.07, 6.45) is 2.32. The van der Waals surface area contributed by atoms with E-state index in [2.05, 4.69) is 26.4 Å². The summed E-state index contributed by atoms with van der Waals surface area (Å²) >= 11 is 1.74. The van der Waals surface area contributed by atoms with Gasteiger partial charge in [0, 0.05) is 25.6 Å². The van der Waals surface area contributed by atoms with Crippen molar-refractivity contribution in [1.29, 1.82) is 0 Å². The van der Waals surface area contributed by atoms with E-state index in [1.807, 2.05) is 0 Å². The lowest BCUT2D eigenvalue weighted by Crippen LogP contribution is -2.43. The second-order valence-corrected chi connectivity index (χ2v) is 8.68. The summed E-state index contributed by atoms with van der Waals surface area (Å²) in [5.41, 5.74) is 1.38. The van der Waals surface area contributed by atoms with E-state index in [1.165, 1.54) is 11.8 Å². The van der Waals surface area contributed by atoms with Gasteiger partial charge in [-0.05, 0) is 41.3 Å². The lowest BCUT2D eigenvalue weighted by molar-refractivity contribution is 0.0885. The molecular formula is C14H22N2O3S2. The Kier molecular flexibility index (Phi) is 4.66. The molecule has 2 fully saturated rings. The Hall–Kier alpha value is -0.470. The van der Waals surface area contributed by atoms with Crippen molar-refractivity contribution in [2.45, 2.75) is 19.1 Å². The first-order chi connectivity index (χ1) is 10.0. The average Bonchev–Trinajstić information content (AvgIpc) is 3.04. The minimum Gasteiger partial charge on any atom is -0.376 e. The lowest BCUT2D eigenvalue weighted by Gasteiger charge is -2.35. The van der Waals surface area contributed by atoms with Crippen molar-refractivity contribution < 1.29 is 13.2 Å². The molecule has 2 aliphatic heterocycles. The minimum absolute atomic E-state index is 0.0352. The SMILES string of the molecule is CS(=O)(=O)NC[C@@H]1OC[C@H]2CN(Cc3ccsc3)CC[C@H]21. The molecule has 0 radical (unpaired) electrons. The molecule has 0 spiro atoms. The molecule has 3 heterocycles. The van der Waals surface area contributed by atoms with Crippen molar-refractivity contribution in [3.05, 3.63) is 22.4 Å². The van der Waals surface area contributed by atoms with Crippen LogP contribution in [0.1, 0.15) is 12.0 Å². The molecule has 0 saturated carbocycles. The highest BCUT2D eigenvalue weighted by atomic mass is 32.2. The predicted molar refractivity (Wildman–Crippen MR) is 83.8 cm³/mol. The first kappa shape index (κ1) is 15.4. The van der Waals surface area contributed by atoms with Gasteiger partial charge < -0.3 is 4.74 Å². The van der Waals surface area contributed by atoms with Gasteiger partial charge in [0.25, 0.3) is 0 Å². The molecule has 0 unspecified atom stereocenters. The van der Waals surface area contributed by atoms with Crippen molar-refractivity contribution in [2.75, 3.05) is 32.5 Å². The zero-order valence-electron chi connectivity index (χ0n) is 12.2. The third kappa shape index (κ3) is 4.04. The smallest absolute Gasteiger partial charge is 0.208 e. The van der Waals surface area contributed by atoms with E-state index >= 15 is 0 Å². The van der Waals surface area contributed by atoms with Crippen LogP contribution in [-0.4, -0.2) is 51.9 Å². The highest BCUT2D eigenvalue weighted by Crippen LogP contribution is 2.34. The third-order valence-electron chi connectivity index (χ3n) is 4.41. The molecule has 2 aliphatic rings. The summed E-state index contributed by atoms with van der Waals surface area (Å²) in [6, 6.07) is 2.18. The third-order valence-corrected chi connectivity index (χ3v) is 5.83. The number of sulfonamides is 1. The first-order valence-corrected chi connectivity index (χ1v) is 10.1. The fourth-order valence-corrected chi connectivity index (χ4v) is 4.52. The van der Waals surface area contributed by atoms with Crippen molar-refractivity contribution >= 4 is 21.4 Å². The van der Waals surface area contributed by atoms with Gasteiger partial charge in [-0.3, -0.25) is 4.90 Å². The number of nitrogens with one attached hydrogen (secondary N) is 1. The van der Waals surface area contributed by atoms with E-state index in [0.29, 0.717) is 18.4 Å². The van der Waals surface area contributed by atoms with Crippen molar-refractivity contribution in [3.8, 4) is 0 Å². The maximum absolute atomic E-state index is 11.2. The Labute approximate surface area is 130 Å². The van der Waals surface area contributed by atoms with Gasteiger partial charge in [-0.15, -0.1) is 0 Å². The number of hydrogen-bond acceptors (Lipinski definition) is 5. The van der Waals surface area contributed by atoms with Crippen LogP contribution in [0, 0.1) is 11.8 Å². The Morgan fingerprint density at radius 1 is 1.52 bits per heavy atom. The Bertz CT molecular complexity index is 559. The Balaban J connectivity index is 1.52. The normalized spacial score (nSPS) is 30.4. The van der Waals surface area contributed by atoms with Gasteiger partial charge in [0.15, 0.2) is 0 Å². The van der Waals surface area contributed by atoms with Crippen LogP contribution >= 0.6 is 11.3 Å². The summed E-state index contributed by atoms with van der Waals surface area (Å²) in [7, 11) is -3.13. The standard InChI is InChI=1S/C14H22N2O3S2/c1-21(17,18)15-6-14-13-2-4-16(8-12(13)9-19-14)7-11-3-5-20-10-11/h3,5,10,12-15H,2,4,6-9H2,1H3/t12-,13-,14+/m1/s1. The van der Waals surface area contributed by atoms with Crippen LogP contribution in [-0.2, 0) is 21.3 Å². The summed E-state index contributed by atoms with van der Waals surface area (Å²) in [5.74, 6) is 1.02. The second-order valence-electron chi connectivity index (χ2n) is 6.07. The van der Waals surface area contributed by atoms with Gasteiger partial charge in [-0.25, -0.2) is 13.1 Å². The molecule has 118 valence electrons. The molecule has 3 atom stereocenters. The van der Waals surface area contributed by atoms with Gasteiger partial charge in [0.05, 0.1) is 19.0 Å². The number of thiophene rings is 1. The van der Waals surface area contributed by atoms with E-state index in [-0.39, 0.29) is 6.10 Å². The number of rotatable bonds is 5. The van der Waals surface area contributed by atoms with E-state index in [9.17, 15) is 8.42 Å². The van der Waals surface area contributed by atoms with Crippen LogP contribution in [0.3, 0.4) is 0 Å². The molecule has 7 heteroatoms. The molecule has 3 rings (SSSR count). The average molecular weight is 330 g/mol. The van der Waals surface area contributed by atoms with E-state index < -0.39 is 10.0 Å². The van der Waals surface area contributed by atoms with Crippen LogP contribution in [0.25, 0.3) is 0 Å². The predicted octanol–water partition coefficient (Wildman–Crippen LogP) is 1.13. The highest BCUT2D eigenvalue weighted by Gasteiger charge is 2.40. The van der Waals surface area contributed by atoms with Crippen LogP contribution < -0.4 is 4.72 Å². The van der Waals surface area contributed by atoms with Gasteiger partial charge in [0.1, 0.15) is 0 Å². The molecule has 0 amide bonds. The van der Waals surface area contributed by atoms with Gasteiger partial charge in [-0.2, -0.15) is 11.3 Å².